The number of hydrogen-bond acceptors (Lipinski definition) is 3. The van der Waals surface area contributed by atoms with Crippen molar-refractivity contribution in [2.45, 2.75) is 26.8 Å². The molecule has 2 atom stereocenters. The van der Waals surface area contributed by atoms with Crippen LogP contribution in [0.4, 0.5) is 0 Å². The first-order valence-electron chi connectivity index (χ1n) is 6.69. The number of methoxy groups -OCH3 is 1. The van der Waals surface area contributed by atoms with Gasteiger partial charge in [0, 0.05) is 19.0 Å². The molecule has 114 valence electrons. The van der Waals surface area contributed by atoms with Gasteiger partial charge in [-0.05, 0) is 31.5 Å². The average Bonchev–Trinajstić information content (AvgIpc) is 2.46. The molecule has 0 spiro atoms. The van der Waals surface area contributed by atoms with E-state index in [1.807, 2.05) is 49.9 Å². The Morgan fingerprint density at radius 1 is 1.40 bits per heavy atom. The summed E-state index contributed by atoms with van der Waals surface area (Å²) in [5.41, 5.74) is 6.65. The van der Waals surface area contributed by atoms with E-state index in [9.17, 15) is 4.79 Å². The third-order valence-electron chi connectivity index (χ3n) is 3.44. The zero-order valence-electron chi connectivity index (χ0n) is 12.6. The lowest BCUT2D eigenvalue weighted by Crippen LogP contribution is -2.39. The summed E-state index contributed by atoms with van der Waals surface area (Å²) >= 11 is 0. The highest BCUT2D eigenvalue weighted by atomic mass is 35.5. The van der Waals surface area contributed by atoms with Crippen molar-refractivity contribution in [3.8, 4) is 5.75 Å². The topological polar surface area (TPSA) is 55.6 Å². The summed E-state index contributed by atoms with van der Waals surface area (Å²) in [6.07, 6.45) is 0. The van der Waals surface area contributed by atoms with Gasteiger partial charge < -0.3 is 15.4 Å². The molecule has 0 bridgehead atoms. The molecule has 1 rings (SSSR count). The van der Waals surface area contributed by atoms with E-state index >= 15 is 0 Å². The molecule has 0 aliphatic rings. The predicted octanol–water partition coefficient (Wildman–Crippen LogP) is 2.62. The van der Waals surface area contributed by atoms with Gasteiger partial charge in [0.05, 0.1) is 13.2 Å². The van der Waals surface area contributed by atoms with Crippen molar-refractivity contribution >= 4 is 18.3 Å². The molecule has 0 heterocycles. The Hall–Kier alpha value is -1.26. The number of nitrogens with zero attached hydrogens (tertiary/aromatic N) is 1. The standard InChI is InChI=1S/C15H24N2O2.ClH/c1-5-17(15(18)11(2)10-16)12(3)13-7-6-8-14(9-13)19-4;/h6-9,11-12H,5,10,16H2,1-4H3;1H. The molecule has 0 aliphatic carbocycles. The molecule has 0 aliphatic heterocycles. The summed E-state index contributed by atoms with van der Waals surface area (Å²) in [6, 6.07) is 7.83. The lowest BCUT2D eigenvalue weighted by atomic mass is 10.0. The molecule has 2 N–H and O–H groups in total. The van der Waals surface area contributed by atoms with Crippen molar-refractivity contribution in [1.29, 1.82) is 0 Å². The molecule has 20 heavy (non-hydrogen) atoms. The molecule has 1 aromatic rings. The number of benzene rings is 1. The quantitative estimate of drug-likeness (QED) is 0.878. The van der Waals surface area contributed by atoms with Gasteiger partial charge in [-0.15, -0.1) is 12.4 Å². The maximum atomic E-state index is 12.3. The van der Waals surface area contributed by atoms with Crippen LogP contribution in [-0.4, -0.2) is 31.0 Å². The third kappa shape index (κ3) is 4.39. The van der Waals surface area contributed by atoms with E-state index in [1.165, 1.54) is 0 Å². The van der Waals surface area contributed by atoms with Gasteiger partial charge in [0.25, 0.3) is 0 Å². The summed E-state index contributed by atoms with van der Waals surface area (Å²) in [6.45, 7) is 6.92. The number of amides is 1. The maximum Gasteiger partial charge on any atom is 0.227 e. The molecular weight excluding hydrogens is 276 g/mol. The number of nitrogens with two attached hydrogens (primary N) is 1. The molecule has 5 heteroatoms. The van der Waals surface area contributed by atoms with Gasteiger partial charge in [0.2, 0.25) is 5.91 Å². The lowest BCUT2D eigenvalue weighted by Gasteiger charge is -2.30. The van der Waals surface area contributed by atoms with Crippen LogP contribution < -0.4 is 10.5 Å². The largest absolute Gasteiger partial charge is 0.497 e. The average molecular weight is 301 g/mol. The Labute approximate surface area is 127 Å². The first-order valence-corrected chi connectivity index (χ1v) is 6.69. The van der Waals surface area contributed by atoms with Crippen LogP contribution in [0, 0.1) is 5.92 Å². The van der Waals surface area contributed by atoms with E-state index in [1.54, 1.807) is 7.11 Å². The molecule has 0 saturated carbocycles. The fourth-order valence-corrected chi connectivity index (χ4v) is 2.09. The van der Waals surface area contributed by atoms with Crippen molar-refractivity contribution in [3.63, 3.8) is 0 Å². The van der Waals surface area contributed by atoms with Gasteiger partial charge in [0.1, 0.15) is 5.75 Å². The Bertz CT molecular complexity index is 426. The summed E-state index contributed by atoms with van der Waals surface area (Å²) in [5, 5.41) is 0. The highest BCUT2D eigenvalue weighted by Gasteiger charge is 2.23. The van der Waals surface area contributed by atoms with Crippen molar-refractivity contribution < 1.29 is 9.53 Å². The van der Waals surface area contributed by atoms with E-state index in [2.05, 4.69) is 0 Å². The Morgan fingerprint density at radius 3 is 2.55 bits per heavy atom. The summed E-state index contributed by atoms with van der Waals surface area (Å²) in [7, 11) is 1.64. The van der Waals surface area contributed by atoms with Crippen molar-refractivity contribution in [1.82, 2.24) is 4.90 Å². The van der Waals surface area contributed by atoms with Crippen LogP contribution >= 0.6 is 12.4 Å². The smallest absolute Gasteiger partial charge is 0.227 e. The summed E-state index contributed by atoms with van der Waals surface area (Å²) < 4.78 is 5.22. The van der Waals surface area contributed by atoms with Crippen LogP contribution in [0.5, 0.6) is 5.75 Å². The normalized spacial score (nSPS) is 13.1. The third-order valence-corrected chi connectivity index (χ3v) is 3.44. The predicted molar refractivity (Wildman–Crippen MR) is 84.3 cm³/mol. The molecule has 0 aromatic heterocycles. The van der Waals surface area contributed by atoms with Gasteiger partial charge in [-0.1, -0.05) is 19.1 Å². The number of carbonyl (C=O) groups excluding carboxylic acids is 1. The van der Waals surface area contributed by atoms with Gasteiger partial charge in [-0.2, -0.15) is 0 Å². The van der Waals surface area contributed by atoms with Crippen molar-refractivity contribution in [3.05, 3.63) is 29.8 Å². The molecule has 2 unspecified atom stereocenters. The number of hydrogen-bond donors (Lipinski definition) is 1. The van der Waals surface area contributed by atoms with Crippen molar-refractivity contribution in [2.75, 3.05) is 20.2 Å². The Kier molecular flexibility index (Phi) is 8.26. The van der Waals surface area contributed by atoms with E-state index in [0.717, 1.165) is 11.3 Å². The zero-order valence-corrected chi connectivity index (χ0v) is 13.4. The van der Waals surface area contributed by atoms with Gasteiger partial charge in [-0.3, -0.25) is 4.79 Å². The number of halogens is 1. The molecule has 0 radical (unpaired) electrons. The lowest BCUT2D eigenvalue weighted by molar-refractivity contribution is -0.136. The maximum absolute atomic E-state index is 12.3. The fraction of sp³-hybridized carbons (Fsp3) is 0.533. The summed E-state index contributed by atoms with van der Waals surface area (Å²) in [4.78, 5) is 14.1. The minimum Gasteiger partial charge on any atom is -0.497 e. The second kappa shape index (κ2) is 8.82. The van der Waals surface area contributed by atoms with Gasteiger partial charge in [0.15, 0.2) is 0 Å². The number of rotatable bonds is 6. The van der Waals surface area contributed by atoms with Crippen LogP contribution in [0.3, 0.4) is 0 Å². The van der Waals surface area contributed by atoms with Crippen molar-refractivity contribution in [2.24, 2.45) is 11.7 Å². The molecule has 1 aromatic carbocycles. The van der Waals surface area contributed by atoms with E-state index in [4.69, 9.17) is 10.5 Å². The summed E-state index contributed by atoms with van der Waals surface area (Å²) in [5.74, 6) is 0.757. The SMILES string of the molecule is CCN(C(=O)C(C)CN)C(C)c1cccc(OC)c1.Cl. The van der Waals surface area contributed by atoms with Gasteiger partial charge >= 0.3 is 0 Å². The van der Waals surface area contributed by atoms with Crippen LogP contribution in [-0.2, 0) is 4.79 Å². The minimum atomic E-state index is -0.145. The van der Waals surface area contributed by atoms with Crippen LogP contribution in [0.1, 0.15) is 32.4 Å². The van der Waals surface area contributed by atoms with Crippen LogP contribution in [0.2, 0.25) is 0 Å². The highest BCUT2D eigenvalue weighted by Crippen LogP contribution is 2.24. The Morgan fingerprint density at radius 2 is 2.05 bits per heavy atom. The second-order valence-electron chi connectivity index (χ2n) is 4.71. The first kappa shape index (κ1) is 18.7. The Balaban J connectivity index is 0.00000361. The van der Waals surface area contributed by atoms with Crippen LogP contribution in [0.15, 0.2) is 24.3 Å². The fourth-order valence-electron chi connectivity index (χ4n) is 2.09. The monoisotopic (exact) mass is 300 g/mol. The van der Waals surface area contributed by atoms with Crippen LogP contribution in [0.25, 0.3) is 0 Å². The number of carbonyl (C=O) groups is 1. The molecule has 1 amide bonds. The zero-order chi connectivity index (χ0) is 14.4. The molecule has 4 nitrogen and oxygen atoms in total. The minimum absolute atomic E-state index is 0. The highest BCUT2D eigenvalue weighted by molar-refractivity contribution is 5.85. The molecular formula is C15H25ClN2O2. The van der Waals surface area contributed by atoms with Gasteiger partial charge in [-0.25, -0.2) is 0 Å². The van der Waals surface area contributed by atoms with E-state index < -0.39 is 0 Å². The molecule has 0 saturated heterocycles. The second-order valence-corrected chi connectivity index (χ2v) is 4.71. The number of ether oxygens (including phenoxy) is 1. The first-order chi connectivity index (χ1) is 9.04. The van der Waals surface area contributed by atoms with E-state index in [0.29, 0.717) is 13.1 Å². The van der Waals surface area contributed by atoms with E-state index in [-0.39, 0.29) is 30.3 Å². The molecule has 0 fully saturated rings.